The average Bonchev–Trinajstić information content (AvgIpc) is 2.35. The van der Waals surface area contributed by atoms with Gasteiger partial charge in [0.25, 0.3) is 0 Å². The first-order chi connectivity index (χ1) is 8.08. The molecule has 0 bridgehead atoms. The highest BCUT2D eigenvalue weighted by atomic mass is 16.4. The van der Waals surface area contributed by atoms with Crippen LogP contribution in [-0.4, -0.2) is 16.6 Å². The van der Waals surface area contributed by atoms with Crippen LogP contribution in [0.15, 0.2) is 43.0 Å². The maximum absolute atomic E-state index is 11.3. The molecule has 0 fully saturated rings. The van der Waals surface area contributed by atoms with Gasteiger partial charge in [-0.2, -0.15) is 0 Å². The van der Waals surface area contributed by atoms with Gasteiger partial charge in [0.2, 0.25) is 0 Å². The van der Waals surface area contributed by atoms with Crippen LogP contribution in [0.1, 0.15) is 25.3 Å². The number of hydrogen-bond acceptors (Lipinski definition) is 2. The molecule has 0 aromatic heterocycles. The standard InChI is InChI=1S/C14H19NO2/c1-3-4-10-14(2,13(16)17)15-11-12-8-6-5-7-9-12/h3,5-9,15H,1,4,10-11H2,2H3,(H,16,17). The maximum atomic E-state index is 11.3. The van der Waals surface area contributed by atoms with E-state index in [1.807, 2.05) is 30.3 Å². The molecular weight excluding hydrogens is 214 g/mol. The SMILES string of the molecule is C=CCCC(C)(NCc1ccccc1)C(=O)O. The summed E-state index contributed by atoms with van der Waals surface area (Å²) in [5, 5.41) is 12.3. The van der Waals surface area contributed by atoms with Crippen molar-refractivity contribution >= 4 is 5.97 Å². The Bertz CT molecular complexity index is 375. The van der Waals surface area contributed by atoms with Crippen LogP contribution in [0.3, 0.4) is 0 Å². The first-order valence-corrected chi connectivity index (χ1v) is 5.72. The van der Waals surface area contributed by atoms with Gasteiger partial charge >= 0.3 is 5.97 Å². The second-order valence-electron chi connectivity index (χ2n) is 4.30. The smallest absolute Gasteiger partial charge is 0.323 e. The summed E-state index contributed by atoms with van der Waals surface area (Å²) >= 11 is 0. The van der Waals surface area contributed by atoms with Crippen LogP contribution in [0.25, 0.3) is 0 Å². The zero-order chi connectivity index (χ0) is 12.7. The molecule has 0 aliphatic carbocycles. The van der Waals surface area contributed by atoms with Crippen LogP contribution in [0, 0.1) is 0 Å². The molecule has 0 saturated heterocycles. The summed E-state index contributed by atoms with van der Waals surface area (Å²) in [4.78, 5) is 11.3. The van der Waals surface area contributed by atoms with E-state index in [0.717, 1.165) is 5.56 Å². The van der Waals surface area contributed by atoms with Gasteiger partial charge in [-0.25, -0.2) is 0 Å². The van der Waals surface area contributed by atoms with Crippen LogP contribution < -0.4 is 5.32 Å². The van der Waals surface area contributed by atoms with Crippen molar-refractivity contribution in [1.82, 2.24) is 5.32 Å². The zero-order valence-corrected chi connectivity index (χ0v) is 10.1. The van der Waals surface area contributed by atoms with Gasteiger partial charge in [0, 0.05) is 6.54 Å². The van der Waals surface area contributed by atoms with E-state index in [1.54, 1.807) is 13.0 Å². The van der Waals surface area contributed by atoms with Crippen molar-refractivity contribution in [3.05, 3.63) is 48.6 Å². The van der Waals surface area contributed by atoms with Crippen molar-refractivity contribution in [3.8, 4) is 0 Å². The van der Waals surface area contributed by atoms with E-state index < -0.39 is 11.5 Å². The number of carboxylic acid groups (broad SMARTS) is 1. The Balaban J connectivity index is 2.61. The van der Waals surface area contributed by atoms with Crippen LogP contribution in [0.4, 0.5) is 0 Å². The third-order valence-corrected chi connectivity index (χ3v) is 2.85. The number of benzene rings is 1. The van der Waals surface area contributed by atoms with Crippen molar-refractivity contribution in [2.75, 3.05) is 0 Å². The van der Waals surface area contributed by atoms with Crippen molar-refractivity contribution in [3.63, 3.8) is 0 Å². The molecule has 2 N–H and O–H groups in total. The number of carboxylic acids is 1. The van der Waals surface area contributed by atoms with Crippen molar-refractivity contribution in [2.45, 2.75) is 31.8 Å². The number of hydrogen-bond donors (Lipinski definition) is 2. The van der Waals surface area contributed by atoms with Crippen LogP contribution in [0.2, 0.25) is 0 Å². The maximum Gasteiger partial charge on any atom is 0.323 e. The molecule has 1 unspecified atom stereocenters. The van der Waals surface area contributed by atoms with Crippen molar-refractivity contribution in [2.24, 2.45) is 0 Å². The van der Waals surface area contributed by atoms with E-state index in [9.17, 15) is 9.90 Å². The monoisotopic (exact) mass is 233 g/mol. The number of rotatable bonds is 7. The van der Waals surface area contributed by atoms with E-state index in [1.165, 1.54) is 0 Å². The molecule has 92 valence electrons. The van der Waals surface area contributed by atoms with Gasteiger partial charge in [-0.3, -0.25) is 10.1 Å². The van der Waals surface area contributed by atoms with Crippen LogP contribution >= 0.6 is 0 Å². The lowest BCUT2D eigenvalue weighted by Gasteiger charge is -2.26. The fraction of sp³-hybridized carbons (Fsp3) is 0.357. The van der Waals surface area contributed by atoms with Gasteiger partial charge in [-0.15, -0.1) is 6.58 Å². The van der Waals surface area contributed by atoms with Gasteiger partial charge in [-0.05, 0) is 25.3 Å². The minimum absolute atomic E-state index is 0.540. The Kier molecular flexibility index (Phi) is 4.91. The van der Waals surface area contributed by atoms with Gasteiger partial charge in [-0.1, -0.05) is 36.4 Å². The minimum Gasteiger partial charge on any atom is -0.480 e. The summed E-state index contributed by atoms with van der Waals surface area (Å²) in [7, 11) is 0. The van der Waals surface area contributed by atoms with Gasteiger partial charge < -0.3 is 5.11 Å². The predicted octanol–water partition coefficient (Wildman–Crippen LogP) is 2.59. The summed E-state index contributed by atoms with van der Waals surface area (Å²) in [6.07, 6.45) is 2.97. The third kappa shape index (κ3) is 4.04. The molecular formula is C14H19NO2. The first kappa shape index (κ1) is 13.5. The van der Waals surface area contributed by atoms with E-state index >= 15 is 0 Å². The Labute approximate surface area is 102 Å². The number of aliphatic carboxylic acids is 1. The highest BCUT2D eigenvalue weighted by molar-refractivity contribution is 5.78. The molecule has 1 aromatic rings. The fourth-order valence-corrected chi connectivity index (χ4v) is 1.55. The van der Waals surface area contributed by atoms with E-state index in [2.05, 4.69) is 11.9 Å². The topological polar surface area (TPSA) is 49.3 Å². The Hall–Kier alpha value is -1.61. The zero-order valence-electron chi connectivity index (χ0n) is 10.1. The normalized spacial score (nSPS) is 13.9. The van der Waals surface area contributed by atoms with Crippen LogP contribution in [0.5, 0.6) is 0 Å². The highest BCUT2D eigenvalue weighted by Gasteiger charge is 2.31. The predicted molar refractivity (Wildman–Crippen MR) is 68.8 cm³/mol. The third-order valence-electron chi connectivity index (χ3n) is 2.85. The van der Waals surface area contributed by atoms with Gasteiger partial charge in [0.1, 0.15) is 5.54 Å². The second kappa shape index (κ2) is 6.21. The lowest BCUT2D eigenvalue weighted by molar-refractivity contribution is -0.144. The molecule has 0 radical (unpaired) electrons. The summed E-state index contributed by atoms with van der Waals surface area (Å²) in [5.74, 6) is -0.824. The van der Waals surface area contributed by atoms with Gasteiger partial charge in [0.15, 0.2) is 0 Å². The van der Waals surface area contributed by atoms with Gasteiger partial charge in [0.05, 0.1) is 0 Å². The summed E-state index contributed by atoms with van der Waals surface area (Å²) < 4.78 is 0. The van der Waals surface area contributed by atoms with Crippen molar-refractivity contribution < 1.29 is 9.90 Å². The Morgan fingerprint density at radius 3 is 2.65 bits per heavy atom. The first-order valence-electron chi connectivity index (χ1n) is 5.72. The molecule has 0 saturated carbocycles. The second-order valence-corrected chi connectivity index (χ2v) is 4.30. The minimum atomic E-state index is -0.899. The molecule has 3 nitrogen and oxygen atoms in total. The molecule has 0 heterocycles. The lowest BCUT2D eigenvalue weighted by Crippen LogP contribution is -2.48. The molecule has 1 rings (SSSR count). The summed E-state index contributed by atoms with van der Waals surface area (Å²) in [5.41, 5.74) is 0.183. The number of nitrogens with one attached hydrogen (secondary N) is 1. The lowest BCUT2D eigenvalue weighted by atomic mass is 9.95. The molecule has 0 amide bonds. The highest BCUT2D eigenvalue weighted by Crippen LogP contribution is 2.14. The Morgan fingerprint density at radius 1 is 1.47 bits per heavy atom. The molecule has 17 heavy (non-hydrogen) atoms. The van der Waals surface area contributed by atoms with E-state index in [0.29, 0.717) is 19.4 Å². The van der Waals surface area contributed by atoms with E-state index in [4.69, 9.17) is 0 Å². The van der Waals surface area contributed by atoms with Crippen LogP contribution in [-0.2, 0) is 11.3 Å². The molecule has 1 aromatic carbocycles. The molecule has 0 spiro atoms. The summed E-state index contributed by atoms with van der Waals surface area (Å²) in [6.45, 7) is 5.89. The summed E-state index contributed by atoms with van der Waals surface area (Å²) in [6, 6.07) is 9.78. The fourth-order valence-electron chi connectivity index (χ4n) is 1.55. The molecule has 1 atom stereocenters. The Morgan fingerprint density at radius 2 is 2.12 bits per heavy atom. The quantitative estimate of drug-likeness (QED) is 0.712. The largest absolute Gasteiger partial charge is 0.480 e. The number of allylic oxidation sites excluding steroid dienone is 1. The molecule has 0 aliphatic rings. The van der Waals surface area contributed by atoms with Crippen molar-refractivity contribution in [1.29, 1.82) is 0 Å². The molecule has 3 heteroatoms. The van der Waals surface area contributed by atoms with E-state index in [-0.39, 0.29) is 0 Å². The molecule has 0 aliphatic heterocycles. The number of carbonyl (C=O) groups is 1. The average molecular weight is 233 g/mol.